The molecule has 0 amide bonds. The molecule has 0 aromatic carbocycles. The Morgan fingerprint density at radius 1 is 1.11 bits per heavy atom. The first-order valence-electron chi connectivity index (χ1n) is 2.15. The first kappa shape index (κ1) is 13.0. The van der Waals surface area contributed by atoms with Crippen LogP contribution in [-0.4, -0.2) is 27.4 Å². The molecule has 0 saturated carbocycles. The Bertz CT molecular complexity index is 35.7. The van der Waals surface area contributed by atoms with Gasteiger partial charge in [0.05, 0.1) is 13.2 Å². The zero-order chi connectivity index (χ0) is 7.54. The summed E-state index contributed by atoms with van der Waals surface area (Å²) in [5.41, 5.74) is 0. The molecule has 0 aliphatic rings. The Balaban J connectivity index is 0. The molecular weight excluding hydrogens is 299 g/mol. The molecule has 0 aliphatic heterocycles. The Morgan fingerprint density at radius 2 is 1.33 bits per heavy atom. The van der Waals surface area contributed by atoms with Gasteiger partial charge in [0.1, 0.15) is 0 Å². The third kappa shape index (κ3) is 26.6. The summed E-state index contributed by atoms with van der Waals surface area (Å²) in [4.78, 5) is 0. The molecule has 0 unspecified atom stereocenters. The molecule has 0 atom stereocenters. The molecule has 0 saturated heterocycles. The number of hydrogen-bond acceptors (Lipinski definition) is 2. The van der Waals surface area contributed by atoms with Gasteiger partial charge in [-0.3, -0.25) is 0 Å². The van der Waals surface area contributed by atoms with E-state index in [1.807, 2.05) is 0 Å². The Hall–Kier alpha value is 1.39. The summed E-state index contributed by atoms with van der Waals surface area (Å²) in [7, 11) is 3.30. The van der Waals surface area contributed by atoms with Gasteiger partial charge < -0.3 is 9.47 Å². The quantitative estimate of drug-likeness (QED) is 0.742. The molecule has 2 nitrogen and oxygen atoms in total. The summed E-state index contributed by atoms with van der Waals surface area (Å²) >= 11 is 7.12. The summed E-state index contributed by atoms with van der Waals surface area (Å²) in [6.45, 7) is 1.38. The van der Waals surface area contributed by atoms with Crippen molar-refractivity contribution in [1.82, 2.24) is 0 Å². The average Bonchev–Trinajstić information content (AvgIpc) is 1.86. The standard InChI is InChI=1S/C4H10O2.2BrH.Co/c1-5-3-4-6-2;;;/h3-4H2,1-2H3;2*1H;/q;;;+2/p-2. The SMILES string of the molecule is COCCOC.[Br][Co][Br]. The van der Waals surface area contributed by atoms with Gasteiger partial charge in [0.15, 0.2) is 0 Å². The second-order valence-electron chi connectivity index (χ2n) is 1.03. The van der Waals surface area contributed by atoms with Gasteiger partial charge in [-0.2, -0.15) is 0 Å². The van der Waals surface area contributed by atoms with Crippen molar-refractivity contribution in [3.05, 3.63) is 0 Å². The van der Waals surface area contributed by atoms with Gasteiger partial charge in [-0.05, 0) is 0 Å². The van der Waals surface area contributed by atoms with E-state index in [-0.39, 0.29) is 0 Å². The van der Waals surface area contributed by atoms with E-state index in [0.29, 0.717) is 13.2 Å². The fourth-order valence-corrected chi connectivity index (χ4v) is 0.167. The van der Waals surface area contributed by atoms with E-state index in [4.69, 9.17) is 0 Å². The molecule has 0 aromatic heterocycles. The van der Waals surface area contributed by atoms with Crippen LogP contribution >= 0.6 is 28.3 Å². The van der Waals surface area contributed by atoms with Crippen LogP contribution in [0.2, 0.25) is 0 Å². The zero-order valence-corrected chi connectivity index (χ0v) is 9.53. The Labute approximate surface area is 76.1 Å². The predicted molar refractivity (Wildman–Crippen MR) is 41.6 cm³/mol. The second kappa shape index (κ2) is 16.2. The molecule has 0 N–H and O–H groups in total. The molecule has 61 valence electrons. The summed E-state index contributed by atoms with van der Waals surface area (Å²) in [5.74, 6) is 0. The molecular formula is C4H10Br2CoO2. The van der Waals surface area contributed by atoms with Crippen LogP contribution in [-0.2, 0) is 20.6 Å². The molecule has 0 aliphatic carbocycles. The maximum absolute atomic E-state index is 4.66. The molecule has 0 spiro atoms. The fourth-order valence-electron chi connectivity index (χ4n) is 0.167. The van der Waals surface area contributed by atoms with E-state index in [1.165, 1.54) is 0 Å². The van der Waals surface area contributed by atoms with Gasteiger partial charge in [0.25, 0.3) is 0 Å². The van der Waals surface area contributed by atoms with Crippen LogP contribution in [0.3, 0.4) is 0 Å². The third-order valence-corrected chi connectivity index (χ3v) is 0.492. The summed E-state index contributed by atoms with van der Waals surface area (Å²) in [6, 6.07) is 0. The van der Waals surface area contributed by atoms with Crippen molar-refractivity contribution in [3.63, 3.8) is 0 Å². The third-order valence-electron chi connectivity index (χ3n) is 0.492. The first-order chi connectivity index (χ1) is 4.33. The number of hydrogen-bond donors (Lipinski definition) is 0. The summed E-state index contributed by atoms with van der Waals surface area (Å²) < 4.78 is 9.31. The van der Waals surface area contributed by atoms with Crippen molar-refractivity contribution < 1.29 is 20.6 Å². The summed E-state index contributed by atoms with van der Waals surface area (Å²) in [6.07, 6.45) is 0. The van der Waals surface area contributed by atoms with Crippen molar-refractivity contribution >= 4 is 28.3 Å². The zero-order valence-electron chi connectivity index (χ0n) is 5.32. The van der Waals surface area contributed by atoms with Crippen LogP contribution in [0.15, 0.2) is 0 Å². The molecule has 0 aromatic rings. The van der Waals surface area contributed by atoms with Gasteiger partial charge in [-0.1, -0.05) is 0 Å². The van der Waals surface area contributed by atoms with E-state index >= 15 is 0 Å². The van der Waals surface area contributed by atoms with Crippen LogP contribution in [0.4, 0.5) is 0 Å². The molecule has 0 fully saturated rings. The normalized spacial score (nSPS) is 8.44. The van der Waals surface area contributed by atoms with Crippen LogP contribution in [0.25, 0.3) is 0 Å². The number of methoxy groups -OCH3 is 2. The maximum atomic E-state index is 4.66. The topological polar surface area (TPSA) is 18.5 Å². The van der Waals surface area contributed by atoms with Crippen molar-refractivity contribution in [2.45, 2.75) is 0 Å². The number of rotatable bonds is 3. The van der Waals surface area contributed by atoms with Crippen LogP contribution in [0, 0.1) is 0 Å². The van der Waals surface area contributed by atoms with Crippen molar-refractivity contribution in [1.29, 1.82) is 0 Å². The van der Waals surface area contributed by atoms with Crippen LogP contribution < -0.4 is 0 Å². The second-order valence-corrected chi connectivity index (χ2v) is 6.29. The van der Waals surface area contributed by atoms with Crippen molar-refractivity contribution in [2.24, 2.45) is 0 Å². The number of halogens is 2. The molecule has 0 bridgehead atoms. The molecule has 9 heavy (non-hydrogen) atoms. The van der Waals surface area contributed by atoms with Crippen LogP contribution in [0.5, 0.6) is 0 Å². The Morgan fingerprint density at radius 3 is 1.44 bits per heavy atom. The van der Waals surface area contributed by atoms with Gasteiger partial charge in [0.2, 0.25) is 0 Å². The van der Waals surface area contributed by atoms with Gasteiger partial charge in [0, 0.05) is 14.2 Å². The van der Waals surface area contributed by atoms with E-state index in [9.17, 15) is 0 Å². The molecule has 0 rings (SSSR count). The van der Waals surface area contributed by atoms with E-state index in [0.717, 1.165) is 11.1 Å². The first-order valence-corrected chi connectivity index (χ1v) is 7.29. The molecule has 0 radical (unpaired) electrons. The molecule has 5 heteroatoms. The predicted octanol–water partition coefficient (Wildman–Crippen LogP) is 1.97. The monoisotopic (exact) mass is 307 g/mol. The minimum absolute atomic E-state index is 0.691. The average molecular weight is 309 g/mol. The fraction of sp³-hybridized carbons (Fsp3) is 1.00. The molecule has 0 heterocycles. The van der Waals surface area contributed by atoms with Gasteiger partial charge in [-0.15, -0.1) is 0 Å². The van der Waals surface area contributed by atoms with Gasteiger partial charge in [-0.25, -0.2) is 0 Å². The van der Waals surface area contributed by atoms with E-state index in [2.05, 4.69) is 37.8 Å². The van der Waals surface area contributed by atoms with Crippen molar-refractivity contribution in [3.8, 4) is 0 Å². The van der Waals surface area contributed by atoms with Gasteiger partial charge >= 0.3 is 39.5 Å². The minimum atomic E-state index is 0.691. The van der Waals surface area contributed by atoms with Crippen molar-refractivity contribution in [2.75, 3.05) is 27.4 Å². The number of ether oxygens (including phenoxy) is 2. The Kier molecular flexibility index (Phi) is 23.4. The summed E-state index contributed by atoms with van der Waals surface area (Å²) in [5, 5.41) is 0. The van der Waals surface area contributed by atoms with E-state index < -0.39 is 0 Å². The van der Waals surface area contributed by atoms with E-state index in [1.54, 1.807) is 14.2 Å². The van der Waals surface area contributed by atoms with Crippen LogP contribution in [0.1, 0.15) is 0 Å².